The van der Waals surface area contributed by atoms with Crippen molar-refractivity contribution in [3.05, 3.63) is 101 Å². The van der Waals surface area contributed by atoms with Gasteiger partial charge in [0.2, 0.25) is 16.2 Å². The quantitative estimate of drug-likeness (QED) is 0.132. The maximum Gasteiger partial charge on any atom is 0.272 e. The zero-order chi connectivity index (χ0) is 28.3. The van der Waals surface area contributed by atoms with Crippen molar-refractivity contribution in [2.45, 2.75) is 17.0 Å². The lowest BCUT2D eigenvalue weighted by Gasteiger charge is -2.12. The molecule has 4 aromatic rings. The molecule has 0 spiro atoms. The Morgan fingerprint density at radius 1 is 0.950 bits per heavy atom. The van der Waals surface area contributed by atoms with E-state index in [9.17, 15) is 14.4 Å². The van der Waals surface area contributed by atoms with E-state index in [1.807, 2.05) is 13.0 Å². The molecule has 12 heteroatoms. The largest absolute Gasteiger partial charge is 0.321 e. The van der Waals surface area contributed by atoms with Gasteiger partial charge in [-0.3, -0.25) is 19.7 Å². The van der Waals surface area contributed by atoms with Gasteiger partial charge in [-0.05, 0) is 53.8 Å². The Morgan fingerprint density at radius 2 is 1.73 bits per heavy atom. The molecule has 0 saturated heterocycles. The maximum absolute atomic E-state index is 13.3. The van der Waals surface area contributed by atoms with E-state index in [0.29, 0.717) is 32.1 Å². The number of carbonyl (C=O) groups is 3. The second kappa shape index (κ2) is 14.7. The maximum atomic E-state index is 13.3. The van der Waals surface area contributed by atoms with Crippen molar-refractivity contribution in [1.82, 2.24) is 14.7 Å². The molecule has 0 aliphatic heterocycles. The summed E-state index contributed by atoms with van der Waals surface area (Å²) in [7, 11) is 0. The summed E-state index contributed by atoms with van der Waals surface area (Å²) in [6.45, 7) is 2.01. The molecule has 3 aromatic carbocycles. The Morgan fingerprint density at radius 3 is 2.50 bits per heavy atom. The zero-order valence-electron chi connectivity index (χ0n) is 21.2. The fourth-order valence-corrected chi connectivity index (χ4v) is 5.54. The summed E-state index contributed by atoms with van der Waals surface area (Å²) in [6, 6.07) is 22.7. The number of aromatic nitrogens is 2. The van der Waals surface area contributed by atoms with E-state index in [4.69, 9.17) is 11.6 Å². The molecular formula is C28H24ClN5O3S3. The summed E-state index contributed by atoms with van der Waals surface area (Å²) in [5, 5.41) is 9.81. The standard InChI is InChI=1S/C28H24ClN5O3S3/c1-2-38-28-33-27(40-34-28)32-24(35)17-39-21-13-8-12-20(16-21)30-26(37)23(15-19-11-6-7-14-22(19)29)31-25(36)18-9-4-3-5-10-18/h3-16H,2,17H2,1H3,(H,30,37)(H,31,36)(H,32,33,34,35)/b23-15+. The van der Waals surface area contributed by atoms with E-state index in [0.717, 1.165) is 22.2 Å². The molecule has 40 heavy (non-hydrogen) atoms. The highest BCUT2D eigenvalue weighted by Crippen LogP contribution is 2.24. The molecule has 0 saturated carbocycles. The molecule has 0 fully saturated rings. The fourth-order valence-electron chi connectivity index (χ4n) is 3.30. The van der Waals surface area contributed by atoms with Gasteiger partial charge in [0.1, 0.15) is 5.70 Å². The predicted octanol–water partition coefficient (Wildman–Crippen LogP) is 6.44. The van der Waals surface area contributed by atoms with Gasteiger partial charge in [-0.15, -0.1) is 11.8 Å². The summed E-state index contributed by atoms with van der Waals surface area (Å²) in [5.41, 5.74) is 1.51. The third-order valence-electron chi connectivity index (χ3n) is 5.12. The number of hydrogen-bond donors (Lipinski definition) is 3. The van der Waals surface area contributed by atoms with Crippen LogP contribution < -0.4 is 16.0 Å². The van der Waals surface area contributed by atoms with Gasteiger partial charge in [0.15, 0.2) is 0 Å². The Balaban J connectivity index is 1.43. The molecule has 1 aromatic heterocycles. The van der Waals surface area contributed by atoms with Crippen LogP contribution in [0.15, 0.2) is 94.6 Å². The van der Waals surface area contributed by atoms with Crippen molar-refractivity contribution in [2.75, 3.05) is 22.1 Å². The second-order valence-corrected chi connectivity index (χ2v) is 11.5. The molecule has 0 aliphatic carbocycles. The molecule has 3 amide bonds. The number of rotatable bonds is 11. The first-order valence-electron chi connectivity index (χ1n) is 12.0. The van der Waals surface area contributed by atoms with Gasteiger partial charge in [0.05, 0.1) is 5.75 Å². The van der Waals surface area contributed by atoms with E-state index < -0.39 is 11.8 Å². The first-order valence-corrected chi connectivity index (χ1v) is 15.2. The molecule has 8 nitrogen and oxygen atoms in total. The van der Waals surface area contributed by atoms with Crippen LogP contribution in [0, 0.1) is 0 Å². The third kappa shape index (κ3) is 8.68. The lowest BCUT2D eigenvalue weighted by Crippen LogP contribution is -2.30. The minimum absolute atomic E-state index is 0.0250. The predicted molar refractivity (Wildman–Crippen MR) is 164 cm³/mol. The summed E-state index contributed by atoms with van der Waals surface area (Å²) in [4.78, 5) is 43.6. The Labute approximate surface area is 249 Å². The molecule has 0 atom stereocenters. The summed E-state index contributed by atoms with van der Waals surface area (Å²) >= 11 is 10.3. The average molecular weight is 610 g/mol. The van der Waals surface area contributed by atoms with E-state index in [1.165, 1.54) is 29.6 Å². The van der Waals surface area contributed by atoms with Crippen molar-refractivity contribution in [3.8, 4) is 0 Å². The number of anilines is 2. The number of halogens is 1. The van der Waals surface area contributed by atoms with Crippen LogP contribution in [0.2, 0.25) is 5.02 Å². The number of thioether (sulfide) groups is 2. The summed E-state index contributed by atoms with van der Waals surface area (Å²) < 4.78 is 4.19. The van der Waals surface area contributed by atoms with Crippen LogP contribution in [0.3, 0.4) is 0 Å². The van der Waals surface area contributed by atoms with Crippen molar-refractivity contribution in [1.29, 1.82) is 0 Å². The van der Waals surface area contributed by atoms with Crippen LogP contribution in [0.4, 0.5) is 10.8 Å². The van der Waals surface area contributed by atoms with Gasteiger partial charge in [-0.25, -0.2) is 0 Å². The van der Waals surface area contributed by atoms with Crippen molar-refractivity contribution in [2.24, 2.45) is 0 Å². The van der Waals surface area contributed by atoms with Crippen molar-refractivity contribution >= 4 is 81.3 Å². The molecular weight excluding hydrogens is 586 g/mol. The second-order valence-electron chi connectivity index (χ2n) is 8.03. The van der Waals surface area contributed by atoms with E-state index in [-0.39, 0.29) is 17.4 Å². The Hall–Kier alpha value is -3.64. The molecule has 0 aliphatic rings. The third-order valence-corrected chi connectivity index (χ3v) is 7.94. The average Bonchev–Trinajstić information content (AvgIpc) is 3.40. The van der Waals surface area contributed by atoms with Crippen LogP contribution in [0.1, 0.15) is 22.8 Å². The minimum atomic E-state index is -0.527. The van der Waals surface area contributed by atoms with E-state index in [2.05, 4.69) is 25.3 Å². The number of nitrogens with zero attached hydrogens (tertiary/aromatic N) is 2. The lowest BCUT2D eigenvalue weighted by atomic mass is 10.1. The molecule has 0 bridgehead atoms. The first-order chi connectivity index (χ1) is 19.4. The smallest absolute Gasteiger partial charge is 0.272 e. The molecule has 4 rings (SSSR count). The highest BCUT2D eigenvalue weighted by Gasteiger charge is 2.16. The van der Waals surface area contributed by atoms with Gasteiger partial charge in [0, 0.05) is 32.7 Å². The SMILES string of the molecule is CCSc1nsc(NC(=O)CSc2cccc(NC(=O)/C(=C\c3ccccc3Cl)NC(=O)c3ccccc3)c2)n1. The Kier molecular flexibility index (Phi) is 10.8. The fraction of sp³-hybridized carbons (Fsp3) is 0.107. The van der Waals surface area contributed by atoms with Gasteiger partial charge in [-0.1, -0.05) is 72.8 Å². The molecule has 0 unspecified atom stereocenters. The van der Waals surface area contributed by atoms with Crippen LogP contribution in [0.25, 0.3) is 6.08 Å². The number of amides is 3. The normalized spacial score (nSPS) is 11.1. The zero-order valence-corrected chi connectivity index (χ0v) is 24.4. The minimum Gasteiger partial charge on any atom is -0.321 e. The van der Waals surface area contributed by atoms with Crippen molar-refractivity contribution < 1.29 is 14.4 Å². The molecule has 204 valence electrons. The number of nitrogens with one attached hydrogen (secondary N) is 3. The van der Waals surface area contributed by atoms with E-state index >= 15 is 0 Å². The number of hydrogen-bond acceptors (Lipinski definition) is 8. The van der Waals surface area contributed by atoms with Crippen LogP contribution >= 0.6 is 46.7 Å². The molecule has 0 radical (unpaired) electrons. The number of carbonyl (C=O) groups excluding carboxylic acids is 3. The van der Waals surface area contributed by atoms with Crippen LogP contribution in [0.5, 0.6) is 0 Å². The summed E-state index contributed by atoms with van der Waals surface area (Å²) in [6.07, 6.45) is 1.53. The monoisotopic (exact) mass is 609 g/mol. The highest BCUT2D eigenvalue weighted by atomic mass is 35.5. The topological polar surface area (TPSA) is 113 Å². The van der Waals surface area contributed by atoms with Crippen molar-refractivity contribution in [3.63, 3.8) is 0 Å². The van der Waals surface area contributed by atoms with Gasteiger partial charge >= 0.3 is 0 Å². The van der Waals surface area contributed by atoms with Gasteiger partial charge < -0.3 is 10.6 Å². The van der Waals surface area contributed by atoms with E-state index in [1.54, 1.807) is 72.8 Å². The molecule has 1 heterocycles. The first kappa shape index (κ1) is 29.3. The number of benzene rings is 3. The lowest BCUT2D eigenvalue weighted by molar-refractivity contribution is -0.114. The Bertz CT molecular complexity index is 1530. The molecule has 3 N–H and O–H groups in total. The highest BCUT2D eigenvalue weighted by molar-refractivity contribution is 8.00. The van der Waals surface area contributed by atoms with Crippen LogP contribution in [-0.2, 0) is 9.59 Å². The van der Waals surface area contributed by atoms with Gasteiger partial charge in [0.25, 0.3) is 11.8 Å². The van der Waals surface area contributed by atoms with Crippen LogP contribution in [-0.4, -0.2) is 38.6 Å². The van der Waals surface area contributed by atoms with Gasteiger partial charge in [-0.2, -0.15) is 9.36 Å². The summed E-state index contributed by atoms with van der Waals surface area (Å²) in [5.74, 6) is -0.166.